The number of hydrogen-bond acceptors (Lipinski definition) is 1. The summed E-state index contributed by atoms with van der Waals surface area (Å²) in [6.45, 7) is 2.06. The van der Waals surface area contributed by atoms with E-state index in [9.17, 15) is 18.0 Å². The van der Waals surface area contributed by atoms with E-state index in [1.165, 1.54) is 0 Å². The lowest BCUT2D eigenvalue weighted by Gasteiger charge is -2.15. The number of hydrogen-bond donors (Lipinski definition) is 1. The summed E-state index contributed by atoms with van der Waals surface area (Å²) < 4.78 is 36.7. The maximum Gasteiger partial charge on any atom is 0.402 e. The molecule has 0 aliphatic carbocycles. The Morgan fingerprint density at radius 2 is 1.62 bits per heavy atom. The fourth-order valence-corrected chi connectivity index (χ4v) is 1.56. The van der Waals surface area contributed by atoms with Crippen LogP contribution in [0, 0.1) is 5.92 Å². The summed E-state index contributed by atoms with van der Waals surface area (Å²) in [5.41, 5.74) is 0. The summed E-state index contributed by atoms with van der Waals surface area (Å²) in [5.74, 6) is -3.96. The minimum Gasteiger partial charge on any atom is -0.481 e. The third-order valence-corrected chi connectivity index (χ3v) is 2.54. The lowest BCUT2D eigenvalue weighted by molar-refractivity contribution is -0.194. The van der Waals surface area contributed by atoms with E-state index in [2.05, 4.69) is 6.92 Å². The highest BCUT2D eigenvalue weighted by Crippen LogP contribution is 2.30. The quantitative estimate of drug-likeness (QED) is 0.651. The van der Waals surface area contributed by atoms with E-state index < -0.39 is 18.1 Å². The molecule has 2 nitrogen and oxygen atoms in total. The smallest absolute Gasteiger partial charge is 0.402 e. The first-order valence-electron chi connectivity index (χ1n) is 5.69. The molecule has 0 aromatic carbocycles. The fraction of sp³-hybridized carbons (Fsp3) is 0.909. The van der Waals surface area contributed by atoms with Crippen LogP contribution in [-0.2, 0) is 4.79 Å². The Morgan fingerprint density at radius 1 is 1.12 bits per heavy atom. The minimum absolute atomic E-state index is 0.301. The maximum atomic E-state index is 12.2. The van der Waals surface area contributed by atoms with Crippen molar-refractivity contribution in [2.24, 2.45) is 5.92 Å². The van der Waals surface area contributed by atoms with Crippen LogP contribution in [-0.4, -0.2) is 17.3 Å². The van der Waals surface area contributed by atoms with Gasteiger partial charge < -0.3 is 5.11 Å². The molecule has 0 bridgehead atoms. The third kappa shape index (κ3) is 6.69. The molecule has 5 heteroatoms. The average Bonchev–Trinajstić information content (AvgIpc) is 2.13. The molecule has 0 aromatic rings. The summed E-state index contributed by atoms with van der Waals surface area (Å²) in [6.07, 6.45) is 0.167. The van der Waals surface area contributed by atoms with E-state index in [1.807, 2.05) is 0 Å². The molecule has 0 amide bonds. The van der Waals surface area contributed by atoms with Crippen LogP contribution in [0.1, 0.15) is 51.9 Å². The summed E-state index contributed by atoms with van der Waals surface area (Å²) in [4.78, 5) is 10.4. The molecule has 1 atom stereocenters. The molecule has 0 aromatic heterocycles. The molecular formula is C11H19F3O2. The summed E-state index contributed by atoms with van der Waals surface area (Å²) in [5, 5.41) is 8.43. The number of aliphatic carboxylic acids is 1. The van der Waals surface area contributed by atoms with Gasteiger partial charge in [0.25, 0.3) is 0 Å². The van der Waals surface area contributed by atoms with Crippen LogP contribution in [0.25, 0.3) is 0 Å². The molecule has 16 heavy (non-hydrogen) atoms. The van der Waals surface area contributed by atoms with E-state index in [4.69, 9.17) is 5.11 Å². The van der Waals surface area contributed by atoms with Gasteiger partial charge in [0.05, 0.1) is 0 Å². The molecule has 0 heterocycles. The standard InChI is InChI=1S/C11H19F3O2/c1-2-3-4-5-6-7-8-9(10(15)16)11(12,13)14/h9H,2-8H2,1H3,(H,15,16). The van der Waals surface area contributed by atoms with Gasteiger partial charge in [0, 0.05) is 0 Å². The van der Waals surface area contributed by atoms with Gasteiger partial charge in [-0.1, -0.05) is 45.4 Å². The van der Waals surface area contributed by atoms with Crippen molar-refractivity contribution in [1.82, 2.24) is 0 Å². The molecule has 0 aliphatic rings. The van der Waals surface area contributed by atoms with Crippen molar-refractivity contribution in [3.8, 4) is 0 Å². The van der Waals surface area contributed by atoms with Crippen LogP contribution in [0.2, 0.25) is 0 Å². The number of alkyl halides is 3. The van der Waals surface area contributed by atoms with Gasteiger partial charge >= 0.3 is 12.1 Å². The van der Waals surface area contributed by atoms with Crippen molar-refractivity contribution in [2.75, 3.05) is 0 Å². The second kappa shape index (κ2) is 7.52. The Balaban J connectivity index is 3.75. The van der Waals surface area contributed by atoms with Gasteiger partial charge in [0.15, 0.2) is 5.92 Å². The Bertz CT molecular complexity index is 202. The topological polar surface area (TPSA) is 37.3 Å². The van der Waals surface area contributed by atoms with Gasteiger partial charge in [0.2, 0.25) is 0 Å². The van der Waals surface area contributed by atoms with Crippen LogP contribution in [0.3, 0.4) is 0 Å². The molecule has 0 aliphatic heterocycles. The number of unbranched alkanes of at least 4 members (excludes halogenated alkanes) is 5. The first-order valence-corrected chi connectivity index (χ1v) is 5.69. The highest BCUT2D eigenvalue weighted by atomic mass is 19.4. The third-order valence-electron chi connectivity index (χ3n) is 2.54. The fourth-order valence-electron chi connectivity index (χ4n) is 1.56. The second-order valence-electron chi connectivity index (χ2n) is 3.99. The van der Waals surface area contributed by atoms with Gasteiger partial charge in [0.1, 0.15) is 0 Å². The first-order chi connectivity index (χ1) is 7.39. The van der Waals surface area contributed by atoms with Gasteiger partial charge in [-0.15, -0.1) is 0 Å². The molecule has 0 rings (SSSR count). The van der Waals surface area contributed by atoms with Gasteiger partial charge in [-0.2, -0.15) is 13.2 Å². The van der Waals surface area contributed by atoms with Gasteiger partial charge in [-0.3, -0.25) is 4.79 Å². The monoisotopic (exact) mass is 240 g/mol. The molecule has 0 spiro atoms. The average molecular weight is 240 g/mol. The predicted molar refractivity (Wildman–Crippen MR) is 55.2 cm³/mol. The molecule has 0 fully saturated rings. The van der Waals surface area contributed by atoms with Crippen LogP contribution >= 0.6 is 0 Å². The van der Waals surface area contributed by atoms with Crippen LogP contribution < -0.4 is 0 Å². The predicted octanol–water partition coefficient (Wildman–Crippen LogP) is 4.00. The van der Waals surface area contributed by atoms with E-state index in [1.54, 1.807) is 0 Å². The van der Waals surface area contributed by atoms with Crippen molar-refractivity contribution in [2.45, 2.75) is 58.0 Å². The maximum absolute atomic E-state index is 12.2. The number of carboxylic acids is 1. The Kier molecular flexibility index (Phi) is 7.17. The van der Waals surface area contributed by atoms with Crippen molar-refractivity contribution in [3.05, 3.63) is 0 Å². The van der Waals surface area contributed by atoms with Crippen molar-refractivity contribution < 1.29 is 23.1 Å². The van der Waals surface area contributed by atoms with E-state index >= 15 is 0 Å². The van der Waals surface area contributed by atoms with E-state index in [0.29, 0.717) is 12.8 Å². The SMILES string of the molecule is CCCCCCCCC(C(=O)O)C(F)(F)F. The Morgan fingerprint density at radius 3 is 2.06 bits per heavy atom. The lowest BCUT2D eigenvalue weighted by Crippen LogP contribution is -2.30. The number of carbonyl (C=O) groups is 1. The summed E-state index contributed by atoms with van der Waals surface area (Å²) in [7, 11) is 0. The van der Waals surface area contributed by atoms with Crippen molar-refractivity contribution >= 4 is 5.97 Å². The highest BCUT2D eigenvalue weighted by molar-refractivity contribution is 5.70. The molecule has 0 saturated carbocycles. The van der Waals surface area contributed by atoms with E-state index in [0.717, 1.165) is 25.7 Å². The summed E-state index contributed by atoms with van der Waals surface area (Å²) >= 11 is 0. The van der Waals surface area contributed by atoms with Crippen LogP contribution in [0.5, 0.6) is 0 Å². The number of rotatable bonds is 8. The van der Waals surface area contributed by atoms with Gasteiger partial charge in [-0.05, 0) is 6.42 Å². The van der Waals surface area contributed by atoms with Crippen LogP contribution in [0.15, 0.2) is 0 Å². The largest absolute Gasteiger partial charge is 0.481 e. The molecule has 0 saturated heterocycles. The zero-order chi connectivity index (χ0) is 12.6. The summed E-state index contributed by atoms with van der Waals surface area (Å²) in [6, 6.07) is 0. The zero-order valence-corrected chi connectivity index (χ0v) is 9.52. The second-order valence-corrected chi connectivity index (χ2v) is 3.99. The highest BCUT2D eigenvalue weighted by Gasteiger charge is 2.44. The van der Waals surface area contributed by atoms with Crippen molar-refractivity contribution in [1.29, 1.82) is 0 Å². The Labute approximate surface area is 93.8 Å². The normalized spacial score (nSPS) is 13.8. The number of halogens is 3. The van der Waals surface area contributed by atoms with Crippen LogP contribution in [0.4, 0.5) is 13.2 Å². The Hall–Kier alpha value is -0.740. The lowest BCUT2D eigenvalue weighted by atomic mass is 10.00. The molecule has 96 valence electrons. The van der Waals surface area contributed by atoms with Crippen molar-refractivity contribution in [3.63, 3.8) is 0 Å². The number of carboxylic acid groups (broad SMARTS) is 1. The molecule has 1 unspecified atom stereocenters. The van der Waals surface area contributed by atoms with E-state index in [-0.39, 0.29) is 6.42 Å². The zero-order valence-electron chi connectivity index (χ0n) is 9.52. The first kappa shape index (κ1) is 15.3. The minimum atomic E-state index is -4.62. The van der Waals surface area contributed by atoms with Gasteiger partial charge in [-0.25, -0.2) is 0 Å². The molecular weight excluding hydrogens is 221 g/mol. The molecule has 1 N–H and O–H groups in total. The molecule has 0 radical (unpaired) electrons.